The van der Waals surface area contributed by atoms with Gasteiger partial charge in [-0.25, -0.2) is 0 Å². The molecule has 0 radical (unpaired) electrons. The van der Waals surface area contributed by atoms with E-state index >= 15 is 0 Å². The van der Waals surface area contributed by atoms with Crippen molar-refractivity contribution in [2.45, 2.75) is 31.2 Å². The maximum Gasteiger partial charge on any atom is 0.0364 e. The Hall–Kier alpha value is -0.510. The molecule has 100 valence electrons. The molecular formula is C15H24N2S. The molecule has 0 amide bonds. The summed E-state index contributed by atoms with van der Waals surface area (Å²) in [5.74, 6) is 1.22. The van der Waals surface area contributed by atoms with Crippen LogP contribution in [0.1, 0.15) is 31.9 Å². The van der Waals surface area contributed by atoms with Gasteiger partial charge in [-0.15, -0.1) is 11.8 Å². The average Bonchev–Trinajstić information content (AvgIpc) is 2.37. The van der Waals surface area contributed by atoms with Crippen molar-refractivity contribution < 1.29 is 0 Å². The first-order chi connectivity index (χ1) is 8.53. The summed E-state index contributed by atoms with van der Waals surface area (Å²) in [6, 6.07) is 9.36. The molecular weight excluding hydrogens is 240 g/mol. The Labute approximate surface area is 115 Å². The van der Waals surface area contributed by atoms with Crippen LogP contribution in [0, 0.1) is 5.41 Å². The van der Waals surface area contributed by atoms with Crippen LogP contribution in [0.4, 0.5) is 0 Å². The minimum Gasteiger partial charge on any atom is -0.330 e. The van der Waals surface area contributed by atoms with Gasteiger partial charge in [-0.1, -0.05) is 32.0 Å². The molecule has 2 N–H and O–H groups in total. The lowest BCUT2D eigenvalue weighted by molar-refractivity contribution is 0.159. The zero-order valence-corrected chi connectivity index (χ0v) is 12.5. The van der Waals surface area contributed by atoms with Crippen LogP contribution < -0.4 is 5.73 Å². The third-order valence-corrected chi connectivity index (χ3v) is 4.81. The summed E-state index contributed by atoms with van der Waals surface area (Å²) in [5.41, 5.74) is 7.53. The fourth-order valence-corrected chi connectivity index (χ4v) is 3.74. The van der Waals surface area contributed by atoms with Gasteiger partial charge in [0.25, 0.3) is 0 Å². The van der Waals surface area contributed by atoms with E-state index in [1.165, 1.54) is 22.6 Å². The smallest absolute Gasteiger partial charge is 0.0364 e. The molecule has 2 rings (SSSR count). The van der Waals surface area contributed by atoms with Crippen LogP contribution in [-0.2, 0) is 0 Å². The van der Waals surface area contributed by atoms with Crippen molar-refractivity contribution in [3.63, 3.8) is 0 Å². The van der Waals surface area contributed by atoms with E-state index in [1.807, 2.05) is 11.8 Å². The summed E-state index contributed by atoms with van der Waals surface area (Å²) in [6.45, 7) is 6.27. The van der Waals surface area contributed by atoms with Crippen LogP contribution >= 0.6 is 11.8 Å². The first-order valence-electron chi connectivity index (χ1n) is 6.65. The number of hydrogen-bond donors (Lipinski definition) is 1. The highest BCUT2D eigenvalue weighted by Crippen LogP contribution is 2.39. The monoisotopic (exact) mass is 264 g/mol. The summed E-state index contributed by atoms with van der Waals surface area (Å²) >= 11 is 1.98. The second-order valence-corrected chi connectivity index (χ2v) is 7.11. The highest BCUT2D eigenvalue weighted by Gasteiger charge is 2.27. The van der Waals surface area contributed by atoms with E-state index in [2.05, 4.69) is 50.1 Å². The summed E-state index contributed by atoms with van der Waals surface area (Å²) < 4.78 is 0. The Morgan fingerprint density at radius 1 is 1.39 bits per heavy atom. The lowest BCUT2D eigenvalue weighted by Crippen LogP contribution is -2.39. The third-order valence-electron chi connectivity index (χ3n) is 3.69. The summed E-state index contributed by atoms with van der Waals surface area (Å²) in [5, 5.41) is 0. The Morgan fingerprint density at radius 3 is 2.83 bits per heavy atom. The predicted molar refractivity (Wildman–Crippen MR) is 80.0 cm³/mol. The molecule has 3 heteroatoms. The SMILES string of the molecule is CN(CC(C)(C)CN)C1CCSc2ccccc21. The fraction of sp³-hybridized carbons (Fsp3) is 0.600. The Bertz CT molecular complexity index is 403. The summed E-state index contributed by atoms with van der Waals surface area (Å²) in [4.78, 5) is 3.93. The first kappa shape index (κ1) is 13.9. The molecule has 1 heterocycles. The maximum atomic E-state index is 5.85. The van der Waals surface area contributed by atoms with E-state index in [1.54, 1.807) is 0 Å². The van der Waals surface area contributed by atoms with Gasteiger partial charge >= 0.3 is 0 Å². The highest BCUT2D eigenvalue weighted by molar-refractivity contribution is 7.99. The molecule has 1 aliphatic rings. The van der Waals surface area contributed by atoms with Crippen molar-refractivity contribution in [2.75, 3.05) is 25.9 Å². The third kappa shape index (κ3) is 3.08. The molecule has 0 bridgehead atoms. The van der Waals surface area contributed by atoms with Gasteiger partial charge in [0.2, 0.25) is 0 Å². The van der Waals surface area contributed by atoms with Gasteiger partial charge in [0.05, 0.1) is 0 Å². The number of benzene rings is 1. The number of nitrogens with two attached hydrogens (primary N) is 1. The first-order valence-corrected chi connectivity index (χ1v) is 7.64. The van der Waals surface area contributed by atoms with Crippen LogP contribution in [0.2, 0.25) is 0 Å². The molecule has 1 aromatic rings. The van der Waals surface area contributed by atoms with Gasteiger partial charge in [-0.2, -0.15) is 0 Å². The van der Waals surface area contributed by atoms with Crippen LogP contribution in [0.3, 0.4) is 0 Å². The van der Waals surface area contributed by atoms with E-state index in [9.17, 15) is 0 Å². The van der Waals surface area contributed by atoms with Gasteiger partial charge in [-0.3, -0.25) is 4.90 Å². The van der Waals surface area contributed by atoms with E-state index in [4.69, 9.17) is 5.73 Å². The zero-order chi connectivity index (χ0) is 13.2. The predicted octanol–water partition coefficient (Wildman–Crippen LogP) is 3.14. The van der Waals surface area contributed by atoms with Gasteiger partial charge in [0.15, 0.2) is 0 Å². The molecule has 18 heavy (non-hydrogen) atoms. The Balaban J connectivity index is 2.15. The lowest BCUT2D eigenvalue weighted by atomic mass is 9.91. The van der Waals surface area contributed by atoms with Crippen molar-refractivity contribution in [1.29, 1.82) is 0 Å². The molecule has 0 saturated carbocycles. The molecule has 0 saturated heterocycles. The second kappa shape index (κ2) is 5.64. The van der Waals surface area contributed by atoms with E-state index < -0.39 is 0 Å². The number of thioether (sulfide) groups is 1. The van der Waals surface area contributed by atoms with Crippen molar-refractivity contribution in [2.24, 2.45) is 11.1 Å². The number of hydrogen-bond acceptors (Lipinski definition) is 3. The van der Waals surface area contributed by atoms with Gasteiger partial charge < -0.3 is 5.73 Å². The van der Waals surface area contributed by atoms with Crippen LogP contribution in [0.15, 0.2) is 29.2 Å². The number of nitrogens with zero attached hydrogens (tertiary/aromatic N) is 1. The van der Waals surface area contributed by atoms with Crippen molar-refractivity contribution in [3.05, 3.63) is 29.8 Å². The molecule has 2 nitrogen and oxygen atoms in total. The van der Waals surface area contributed by atoms with Crippen molar-refractivity contribution in [3.8, 4) is 0 Å². The molecule has 0 fully saturated rings. The van der Waals surface area contributed by atoms with Crippen molar-refractivity contribution >= 4 is 11.8 Å². The fourth-order valence-electron chi connectivity index (χ4n) is 2.63. The zero-order valence-electron chi connectivity index (χ0n) is 11.6. The molecule has 1 atom stereocenters. The largest absolute Gasteiger partial charge is 0.330 e. The lowest BCUT2D eigenvalue weighted by Gasteiger charge is -2.37. The van der Waals surface area contributed by atoms with Crippen molar-refractivity contribution in [1.82, 2.24) is 4.90 Å². The van der Waals surface area contributed by atoms with Crippen LogP contribution in [0.5, 0.6) is 0 Å². The average molecular weight is 264 g/mol. The highest BCUT2D eigenvalue weighted by atomic mass is 32.2. The molecule has 0 aliphatic carbocycles. The minimum atomic E-state index is 0.189. The summed E-state index contributed by atoms with van der Waals surface area (Å²) in [7, 11) is 2.23. The molecule has 1 unspecified atom stereocenters. The molecule has 1 aliphatic heterocycles. The van der Waals surface area contributed by atoms with E-state index in [0.717, 1.165) is 13.1 Å². The second-order valence-electron chi connectivity index (χ2n) is 5.97. The van der Waals surface area contributed by atoms with Gasteiger partial charge in [0.1, 0.15) is 0 Å². The molecule has 0 aromatic heterocycles. The maximum absolute atomic E-state index is 5.85. The molecule has 1 aromatic carbocycles. The minimum absolute atomic E-state index is 0.189. The van der Waals surface area contributed by atoms with Crippen LogP contribution in [0.25, 0.3) is 0 Å². The van der Waals surface area contributed by atoms with E-state index in [0.29, 0.717) is 6.04 Å². The summed E-state index contributed by atoms with van der Waals surface area (Å²) in [6.07, 6.45) is 1.23. The van der Waals surface area contributed by atoms with Crippen LogP contribution in [-0.4, -0.2) is 30.8 Å². The Morgan fingerprint density at radius 2 is 2.11 bits per heavy atom. The topological polar surface area (TPSA) is 29.3 Å². The number of fused-ring (bicyclic) bond motifs is 1. The van der Waals surface area contributed by atoms with Gasteiger partial charge in [0, 0.05) is 17.5 Å². The normalized spacial score (nSPS) is 19.9. The van der Waals surface area contributed by atoms with Gasteiger partial charge in [-0.05, 0) is 42.8 Å². The van der Waals surface area contributed by atoms with E-state index in [-0.39, 0.29) is 5.41 Å². The molecule has 0 spiro atoms. The Kier molecular flexibility index (Phi) is 4.36. The quantitative estimate of drug-likeness (QED) is 0.906. The number of rotatable bonds is 4. The standard InChI is InChI=1S/C15H24N2S/c1-15(2,10-16)11-17(3)13-8-9-18-14-7-5-4-6-12(13)14/h4-7,13H,8-11,16H2,1-3H3.